The summed E-state index contributed by atoms with van der Waals surface area (Å²) in [5.41, 5.74) is 11.4. The van der Waals surface area contributed by atoms with Gasteiger partial charge in [0, 0.05) is 17.5 Å². The SMILES string of the molecule is CCc1c(N)ncnc1NC(C)(C)CC(N)=O. The smallest absolute Gasteiger partial charge is 0.219 e. The molecule has 0 spiro atoms. The molecule has 1 heterocycles. The monoisotopic (exact) mass is 237 g/mol. The van der Waals surface area contributed by atoms with Crippen LogP contribution in [0, 0.1) is 0 Å². The van der Waals surface area contributed by atoms with Crippen LogP contribution < -0.4 is 16.8 Å². The van der Waals surface area contributed by atoms with Crippen molar-refractivity contribution in [2.45, 2.75) is 39.2 Å². The van der Waals surface area contributed by atoms with Gasteiger partial charge in [0.15, 0.2) is 0 Å². The van der Waals surface area contributed by atoms with Gasteiger partial charge in [0.05, 0.1) is 0 Å². The molecule has 6 heteroatoms. The average molecular weight is 237 g/mol. The van der Waals surface area contributed by atoms with E-state index in [4.69, 9.17) is 11.5 Å². The van der Waals surface area contributed by atoms with Gasteiger partial charge in [0.2, 0.25) is 5.91 Å². The third-order valence-corrected chi connectivity index (χ3v) is 2.41. The normalized spacial score (nSPS) is 11.2. The molecule has 1 aromatic rings. The summed E-state index contributed by atoms with van der Waals surface area (Å²) >= 11 is 0. The zero-order valence-electron chi connectivity index (χ0n) is 10.4. The Hall–Kier alpha value is -1.85. The van der Waals surface area contributed by atoms with Crippen molar-refractivity contribution in [3.05, 3.63) is 11.9 Å². The minimum atomic E-state index is -0.462. The van der Waals surface area contributed by atoms with Crippen LogP contribution in [0.2, 0.25) is 0 Å². The van der Waals surface area contributed by atoms with Gasteiger partial charge in [0.25, 0.3) is 0 Å². The molecule has 1 amide bonds. The maximum Gasteiger partial charge on any atom is 0.219 e. The third kappa shape index (κ3) is 3.58. The molecule has 5 N–H and O–H groups in total. The van der Waals surface area contributed by atoms with Crippen molar-refractivity contribution in [1.82, 2.24) is 9.97 Å². The molecule has 0 bridgehead atoms. The highest BCUT2D eigenvalue weighted by Gasteiger charge is 2.22. The standard InChI is InChI=1S/C11H19N5O/c1-4-7-9(13)14-6-15-10(7)16-11(2,3)5-8(12)17/h6H,4-5H2,1-3H3,(H2,12,17)(H3,13,14,15,16). The summed E-state index contributed by atoms with van der Waals surface area (Å²) in [5, 5.41) is 3.18. The fourth-order valence-corrected chi connectivity index (χ4v) is 1.68. The molecule has 1 rings (SSSR count). The van der Waals surface area contributed by atoms with Crippen LogP contribution in [0.15, 0.2) is 6.33 Å². The Kier molecular flexibility index (Phi) is 3.88. The summed E-state index contributed by atoms with van der Waals surface area (Å²) in [5.74, 6) is 0.758. The van der Waals surface area contributed by atoms with Crippen molar-refractivity contribution < 1.29 is 4.79 Å². The number of rotatable bonds is 5. The molecule has 1 aromatic heterocycles. The van der Waals surface area contributed by atoms with E-state index >= 15 is 0 Å². The quantitative estimate of drug-likeness (QED) is 0.698. The first-order valence-corrected chi connectivity index (χ1v) is 5.51. The zero-order valence-corrected chi connectivity index (χ0v) is 10.4. The highest BCUT2D eigenvalue weighted by molar-refractivity contribution is 5.75. The fraction of sp³-hybridized carbons (Fsp3) is 0.545. The molecule has 0 aliphatic heterocycles. The summed E-state index contributed by atoms with van der Waals surface area (Å²) in [6.07, 6.45) is 2.35. The van der Waals surface area contributed by atoms with Crippen LogP contribution in [0.25, 0.3) is 0 Å². The lowest BCUT2D eigenvalue weighted by Gasteiger charge is -2.26. The molecule has 94 valence electrons. The number of carbonyl (C=O) groups excluding carboxylic acids is 1. The van der Waals surface area contributed by atoms with Crippen LogP contribution in [-0.2, 0) is 11.2 Å². The van der Waals surface area contributed by atoms with Gasteiger partial charge >= 0.3 is 0 Å². The molecular weight excluding hydrogens is 218 g/mol. The molecule has 0 atom stereocenters. The second-order valence-electron chi connectivity index (χ2n) is 4.59. The second kappa shape index (κ2) is 4.99. The number of aromatic nitrogens is 2. The van der Waals surface area contributed by atoms with Gasteiger partial charge in [0.1, 0.15) is 18.0 Å². The first-order chi connectivity index (χ1) is 7.85. The van der Waals surface area contributed by atoms with E-state index in [2.05, 4.69) is 15.3 Å². The molecule has 0 aliphatic rings. The average Bonchev–Trinajstić information content (AvgIpc) is 2.14. The lowest BCUT2D eigenvalue weighted by atomic mass is 10.00. The first-order valence-electron chi connectivity index (χ1n) is 5.51. The van der Waals surface area contributed by atoms with Crippen molar-refractivity contribution in [1.29, 1.82) is 0 Å². The van der Waals surface area contributed by atoms with E-state index in [0.29, 0.717) is 11.6 Å². The highest BCUT2D eigenvalue weighted by Crippen LogP contribution is 2.22. The van der Waals surface area contributed by atoms with Gasteiger partial charge in [-0.2, -0.15) is 0 Å². The fourth-order valence-electron chi connectivity index (χ4n) is 1.68. The summed E-state index contributed by atoms with van der Waals surface area (Å²) in [7, 11) is 0. The molecule has 0 unspecified atom stereocenters. The minimum absolute atomic E-state index is 0.222. The van der Waals surface area contributed by atoms with E-state index in [1.807, 2.05) is 20.8 Å². The number of nitrogens with zero attached hydrogens (tertiary/aromatic N) is 2. The number of hydrogen-bond donors (Lipinski definition) is 3. The largest absolute Gasteiger partial charge is 0.383 e. The number of amides is 1. The number of nitrogens with one attached hydrogen (secondary N) is 1. The second-order valence-corrected chi connectivity index (χ2v) is 4.59. The molecule has 6 nitrogen and oxygen atoms in total. The number of anilines is 2. The molecule has 0 aliphatic carbocycles. The van der Waals surface area contributed by atoms with Crippen molar-refractivity contribution in [2.75, 3.05) is 11.1 Å². The maximum absolute atomic E-state index is 11.0. The zero-order chi connectivity index (χ0) is 13.1. The topological polar surface area (TPSA) is 107 Å². The summed E-state index contributed by atoms with van der Waals surface area (Å²) in [6, 6.07) is 0. The van der Waals surface area contributed by atoms with Crippen LogP contribution in [-0.4, -0.2) is 21.4 Å². The highest BCUT2D eigenvalue weighted by atomic mass is 16.1. The molecular formula is C11H19N5O. The lowest BCUT2D eigenvalue weighted by molar-refractivity contribution is -0.118. The molecule has 0 saturated carbocycles. The number of nitrogens with two attached hydrogens (primary N) is 2. The van der Waals surface area contributed by atoms with Crippen LogP contribution in [0.1, 0.15) is 32.8 Å². The van der Waals surface area contributed by atoms with E-state index in [9.17, 15) is 4.79 Å². The molecule has 17 heavy (non-hydrogen) atoms. The number of nitrogen functional groups attached to an aromatic ring is 1. The van der Waals surface area contributed by atoms with Gasteiger partial charge in [-0.25, -0.2) is 9.97 Å². The van der Waals surface area contributed by atoms with Crippen molar-refractivity contribution in [3.8, 4) is 0 Å². The molecule has 0 aromatic carbocycles. The minimum Gasteiger partial charge on any atom is -0.383 e. The molecule has 0 radical (unpaired) electrons. The van der Waals surface area contributed by atoms with Gasteiger partial charge in [-0.15, -0.1) is 0 Å². The Morgan fingerprint density at radius 3 is 2.65 bits per heavy atom. The van der Waals surface area contributed by atoms with Gasteiger partial charge in [-0.3, -0.25) is 4.79 Å². The maximum atomic E-state index is 11.0. The molecule has 0 fully saturated rings. The van der Waals surface area contributed by atoms with Crippen LogP contribution in [0.4, 0.5) is 11.6 Å². The number of primary amides is 1. The molecule has 0 saturated heterocycles. The Morgan fingerprint density at radius 1 is 1.47 bits per heavy atom. The van der Waals surface area contributed by atoms with E-state index in [-0.39, 0.29) is 12.3 Å². The van der Waals surface area contributed by atoms with Crippen LogP contribution in [0.5, 0.6) is 0 Å². The van der Waals surface area contributed by atoms with Crippen LogP contribution >= 0.6 is 0 Å². The van der Waals surface area contributed by atoms with Gasteiger partial charge in [-0.1, -0.05) is 6.92 Å². The van der Waals surface area contributed by atoms with Crippen molar-refractivity contribution >= 4 is 17.5 Å². The van der Waals surface area contributed by atoms with E-state index in [1.54, 1.807) is 0 Å². The predicted molar refractivity (Wildman–Crippen MR) is 67.3 cm³/mol. The Labute approximate surface area is 101 Å². The Bertz CT molecular complexity index is 416. The van der Waals surface area contributed by atoms with Crippen molar-refractivity contribution in [2.24, 2.45) is 5.73 Å². The lowest BCUT2D eigenvalue weighted by Crippen LogP contribution is -2.36. The van der Waals surface area contributed by atoms with E-state index < -0.39 is 5.54 Å². The van der Waals surface area contributed by atoms with Crippen molar-refractivity contribution in [3.63, 3.8) is 0 Å². The first kappa shape index (κ1) is 13.2. The summed E-state index contributed by atoms with van der Waals surface area (Å²) < 4.78 is 0. The number of hydrogen-bond acceptors (Lipinski definition) is 5. The summed E-state index contributed by atoms with van der Waals surface area (Å²) in [4.78, 5) is 19.0. The third-order valence-electron chi connectivity index (χ3n) is 2.41. The van der Waals surface area contributed by atoms with Gasteiger partial charge < -0.3 is 16.8 Å². The Morgan fingerprint density at radius 2 is 2.12 bits per heavy atom. The number of carbonyl (C=O) groups is 1. The predicted octanol–water partition coefficient (Wildman–Crippen LogP) is 0.687. The van der Waals surface area contributed by atoms with E-state index in [1.165, 1.54) is 6.33 Å². The van der Waals surface area contributed by atoms with Gasteiger partial charge in [-0.05, 0) is 20.3 Å². The van der Waals surface area contributed by atoms with E-state index in [0.717, 1.165) is 12.0 Å². The summed E-state index contributed by atoms with van der Waals surface area (Å²) in [6.45, 7) is 5.74. The Balaban J connectivity index is 2.94. The van der Waals surface area contributed by atoms with Crippen LogP contribution in [0.3, 0.4) is 0 Å².